The van der Waals surface area contributed by atoms with Crippen LogP contribution >= 0.6 is 11.3 Å². The van der Waals surface area contributed by atoms with Gasteiger partial charge in [0.15, 0.2) is 0 Å². The van der Waals surface area contributed by atoms with Crippen molar-refractivity contribution in [2.24, 2.45) is 5.73 Å². The van der Waals surface area contributed by atoms with Crippen molar-refractivity contribution in [3.05, 3.63) is 35.2 Å². The standard InChI is InChI=1S/C22H28N6O4S/c1-4-24-22(32)28-20-13(2)26(10-14-12-33-17-8-6-5-7-15(14)17)21(31)16(9-18(23)29)27(20)19(30)11-25(28)3/h5-8,12-13,16,20H,4,9-11H2,1-3H3,(H2,23,29)(H,24,32)/t13-,16-,20-/m0/s1. The summed E-state index contributed by atoms with van der Waals surface area (Å²) in [6, 6.07) is 5.99. The van der Waals surface area contributed by atoms with E-state index in [1.165, 1.54) is 9.91 Å². The molecule has 0 aliphatic carbocycles. The molecule has 10 nitrogen and oxygen atoms in total. The van der Waals surface area contributed by atoms with Gasteiger partial charge < -0.3 is 20.9 Å². The third-order valence-corrected chi connectivity index (χ3v) is 7.23. The van der Waals surface area contributed by atoms with E-state index in [9.17, 15) is 19.2 Å². The Bertz CT molecular complexity index is 1100. The Hall–Kier alpha value is -3.18. The summed E-state index contributed by atoms with van der Waals surface area (Å²) in [5.41, 5.74) is 6.44. The molecule has 5 amide bonds. The molecule has 4 rings (SSSR count). The van der Waals surface area contributed by atoms with Crippen LogP contribution in [0.3, 0.4) is 0 Å². The van der Waals surface area contributed by atoms with Gasteiger partial charge in [0.05, 0.1) is 19.0 Å². The lowest BCUT2D eigenvalue weighted by Gasteiger charge is -2.57. The second kappa shape index (κ2) is 8.99. The lowest BCUT2D eigenvalue weighted by molar-refractivity contribution is -0.196. The van der Waals surface area contributed by atoms with Crippen LogP contribution < -0.4 is 11.1 Å². The zero-order chi connectivity index (χ0) is 23.9. The highest BCUT2D eigenvalue weighted by Crippen LogP contribution is 2.34. The molecular weight excluding hydrogens is 444 g/mol. The van der Waals surface area contributed by atoms with Crippen LogP contribution in [0.4, 0.5) is 4.79 Å². The van der Waals surface area contributed by atoms with Crippen molar-refractivity contribution in [3.63, 3.8) is 0 Å². The number of amides is 5. The second-order valence-corrected chi connectivity index (χ2v) is 9.27. The number of hydrogen-bond acceptors (Lipinski definition) is 6. The first kappa shape index (κ1) is 23.0. The van der Waals surface area contributed by atoms with Crippen molar-refractivity contribution >= 4 is 45.2 Å². The number of carbonyl (C=O) groups is 4. The van der Waals surface area contributed by atoms with E-state index < -0.39 is 24.2 Å². The highest BCUT2D eigenvalue weighted by molar-refractivity contribution is 7.17. The number of rotatable bonds is 5. The number of urea groups is 1. The maximum absolute atomic E-state index is 13.6. The smallest absolute Gasteiger partial charge is 0.333 e. The van der Waals surface area contributed by atoms with Crippen LogP contribution in [0.2, 0.25) is 0 Å². The van der Waals surface area contributed by atoms with E-state index in [1.807, 2.05) is 43.5 Å². The fourth-order valence-corrected chi connectivity index (χ4v) is 5.69. The predicted molar refractivity (Wildman–Crippen MR) is 124 cm³/mol. The van der Waals surface area contributed by atoms with Crippen molar-refractivity contribution in [1.29, 1.82) is 0 Å². The van der Waals surface area contributed by atoms with Crippen LogP contribution in [0.5, 0.6) is 0 Å². The van der Waals surface area contributed by atoms with E-state index in [-0.39, 0.29) is 30.8 Å². The summed E-state index contributed by atoms with van der Waals surface area (Å²) in [6.07, 6.45) is -1.07. The van der Waals surface area contributed by atoms with Crippen LogP contribution in [-0.4, -0.2) is 82.0 Å². The Morgan fingerprint density at radius 1 is 1.24 bits per heavy atom. The number of piperazine rings is 1. The zero-order valence-electron chi connectivity index (χ0n) is 18.9. The molecule has 3 atom stereocenters. The van der Waals surface area contributed by atoms with Gasteiger partial charge in [0.1, 0.15) is 12.2 Å². The number of nitrogens with one attached hydrogen (secondary N) is 1. The maximum atomic E-state index is 13.6. The number of likely N-dealkylation sites (N-methyl/N-ethyl adjacent to an activating group) is 1. The van der Waals surface area contributed by atoms with Crippen molar-refractivity contribution in [1.82, 2.24) is 25.1 Å². The first-order valence-electron chi connectivity index (χ1n) is 10.9. The summed E-state index contributed by atoms with van der Waals surface area (Å²) in [4.78, 5) is 54.5. The third-order valence-electron chi connectivity index (χ3n) is 6.21. The molecule has 2 fully saturated rings. The van der Waals surface area contributed by atoms with Gasteiger partial charge in [-0.1, -0.05) is 18.2 Å². The zero-order valence-corrected chi connectivity index (χ0v) is 19.7. The summed E-state index contributed by atoms with van der Waals surface area (Å²) in [6.45, 7) is 4.25. The van der Waals surface area contributed by atoms with Gasteiger partial charge in [-0.2, -0.15) is 0 Å². The Morgan fingerprint density at radius 2 is 1.97 bits per heavy atom. The number of fused-ring (bicyclic) bond motifs is 2. The molecule has 11 heteroatoms. The van der Waals surface area contributed by atoms with Gasteiger partial charge in [0, 0.05) is 24.8 Å². The monoisotopic (exact) mass is 472 g/mol. The second-order valence-electron chi connectivity index (χ2n) is 8.36. The van der Waals surface area contributed by atoms with Gasteiger partial charge in [0.2, 0.25) is 17.7 Å². The first-order chi connectivity index (χ1) is 15.7. The fourth-order valence-electron chi connectivity index (χ4n) is 4.73. The number of hydrogen-bond donors (Lipinski definition) is 2. The molecule has 2 saturated heterocycles. The Kier molecular flexibility index (Phi) is 6.26. The van der Waals surface area contributed by atoms with E-state index in [0.29, 0.717) is 13.1 Å². The minimum absolute atomic E-state index is 0.0853. The van der Waals surface area contributed by atoms with E-state index >= 15 is 0 Å². The molecule has 0 unspecified atom stereocenters. The number of nitrogens with two attached hydrogens (primary N) is 1. The topological polar surface area (TPSA) is 119 Å². The van der Waals surface area contributed by atoms with Crippen molar-refractivity contribution < 1.29 is 19.2 Å². The van der Waals surface area contributed by atoms with E-state index in [0.717, 1.165) is 15.6 Å². The molecule has 176 valence electrons. The van der Waals surface area contributed by atoms with Crippen molar-refractivity contribution in [2.45, 2.75) is 45.1 Å². The lowest BCUT2D eigenvalue weighted by atomic mass is 9.97. The molecule has 0 saturated carbocycles. The lowest BCUT2D eigenvalue weighted by Crippen LogP contribution is -2.78. The third kappa shape index (κ3) is 4.02. The molecule has 1 aromatic heterocycles. The molecule has 3 heterocycles. The minimum Gasteiger partial charge on any atom is -0.370 e. The Morgan fingerprint density at radius 3 is 2.67 bits per heavy atom. The maximum Gasteiger partial charge on any atom is 0.333 e. The van der Waals surface area contributed by atoms with Crippen LogP contribution in [0.25, 0.3) is 10.1 Å². The molecule has 0 bridgehead atoms. The van der Waals surface area contributed by atoms with Gasteiger partial charge in [0.25, 0.3) is 0 Å². The average molecular weight is 473 g/mol. The average Bonchev–Trinajstić information content (AvgIpc) is 3.17. The summed E-state index contributed by atoms with van der Waals surface area (Å²) in [5, 5.41) is 8.87. The Balaban J connectivity index is 1.76. The van der Waals surface area contributed by atoms with Gasteiger partial charge in [-0.15, -0.1) is 11.3 Å². The van der Waals surface area contributed by atoms with Gasteiger partial charge in [-0.05, 0) is 36.2 Å². The quantitative estimate of drug-likeness (QED) is 0.671. The number of primary amides is 1. The molecule has 0 spiro atoms. The van der Waals surface area contributed by atoms with Gasteiger partial charge >= 0.3 is 6.03 Å². The SMILES string of the molecule is CCNC(=O)N1[C@H]2[C@H](C)N(Cc3csc4ccccc34)C(=O)[C@H](CC(N)=O)N2C(=O)CN1C. The largest absolute Gasteiger partial charge is 0.370 e. The van der Waals surface area contributed by atoms with E-state index in [1.54, 1.807) is 28.3 Å². The van der Waals surface area contributed by atoms with E-state index in [4.69, 9.17) is 5.73 Å². The minimum atomic E-state index is -1.06. The predicted octanol–water partition coefficient (Wildman–Crippen LogP) is 0.923. The van der Waals surface area contributed by atoms with Crippen LogP contribution in [0, 0.1) is 0 Å². The Labute approximate surface area is 195 Å². The number of carbonyl (C=O) groups excluding carboxylic acids is 4. The molecule has 3 N–H and O–H groups in total. The first-order valence-corrected chi connectivity index (χ1v) is 11.8. The molecule has 2 aliphatic rings. The number of hydrazine groups is 1. The highest BCUT2D eigenvalue weighted by atomic mass is 32.1. The molecule has 2 aliphatic heterocycles. The van der Waals surface area contributed by atoms with E-state index in [2.05, 4.69) is 5.32 Å². The summed E-state index contributed by atoms with van der Waals surface area (Å²) in [5.74, 6) is -1.35. The van der Waals surface area contributed by atoms with Crippen LogP contribution in [0.1, 0.15) is 25.8 Å². The summed E-state index contributed by atoms with van der Waals surface area (Å²) >= 11 is 1.59. The molecule has 2 aromatic rings. The molecule has 33 heavy (non-hydrogen) atoms. The normalized spacial score (nSPS) is 23.7. The van der Waals surface area contributed by atoms with Crippen LogP contribution in [0.15, 0.2) is 29.6 Å². The van der Waals surface area contributed by atoms with Gasteiger partial charge in [-0.3, -0.25) is 14.4 Å². The van der Waals surface area contributed by atoms with Crippen LogP contribution in [-0.2, 0) is 20.9 Å². The highest BCUT2D eigenvalue weighted by Gasteiger charge is 2.54. The fraction of sp³-hybridized carbons (Fsp3) is 0.455. The summed E-state index contributed by atoms with van der Waals surface area (Å²) in [7, 11) is 1.66. The number of nitrogens with zero attached hydrogens (tertiary/aromatic N) is 4. The van der Waals surface area contributed by atoms with Crippen molar-refractivity contribution in [2.75, 3.05) is 20.1 Å². The summed E-state index contributed by atoms with van der Waals surface area (Å²) < 4.78 is 1.11. The van der Waals surface area contributed by atoms with Crippen molar-refractivity contribution in [3.8, 4) is 0 Å². The van der Waals surface area contributed by atoms with Gasteiger partial charge in [-0.25, -0.2) is 14.8 Å². The molecule has 1 aromatic carbocycles. The number of thiophene rings is 1. The molecular formula is C22H28N6O4S. The molecule has 0 radical (unpaired) electrons. The number of benzene rings is 1.